The second-order valence-electron chi connectivity index (χ2n) is 7.55. The van der Waals surface area contributed by atoms with E-state index >= 15 is 0 Å². The Morgan fingerprint density at radius 3 is 2.48 bits per heavy atom. The molecule has 9 nitrogen and oxygen atoms in total. The molecule has 1 aliphatic heterocycles. The molecule has 0 aromatic heterocycles. The van der Waals surface area contributed by atoms with Crippen LogP contribution in [0.4, 0.5) is 0 Å². The van der Waals surface area contributed by atoms with Crippen LogP contribution in [-0.4, -0.2) is 41.7 Å². The molecule has 0 bridgehead atoms. The summed E-state index contributed by atoms with van der Waals surface area (Å²) >= 11 is 0. The number of carbonyl (C=O) groups is 3. The number of aromatic hydroxyl groups is 2. The van der Waals surface area contributed by atoms with Crippen molar-refractivity contribution in [2.45, 2.75) is 47.1 Å². The van der Waals surface area contributed by atoms with Crippen LogP contribution in [0.15, 0.2) is 6.07 Å². The van der Waals surface area contributed by atoms with Crippen LogP contribution in [0.2, 0.25) is 0 Å². The topological polar surface area (TPSA) is 129 Å². The minimum absolute atomic E-state index is 0.0237. The molecule has 0 spiro atoms. The maximum atomic E-state index is 13.0. The van der Waals surface area contributed by atoms with E-state index in [-0.39, 0.29) is 70.6 Å². The largest absolute Gasteiger partial charge is 0.507 e. The Morgan fingerprint density at radius 2 is 1.85 bits per heavy atom. The Bertz CT molecular complexity index is 1120. The fourth-order valence-corrected chi connectivity index (χ4v) is 3.56. The number of esters is 2. The van der Waals surface area contributed by atoms with Crippen molar-refractivity contribution in [2.24, 2.45) is 0 Å². The van der Waals surface area contributed by atoms with Gasteiger partial charge < -0.3 is 29.2 Å². The first kappa shape index (κ1) is 24.1. The molecule has 1 aliphatic rings. The van der Waals surface area contributed by atoms with Crippen LogP contribution < -0.4 is 9.47 Å². The lowest BCUT2D eigenvalue weighted by molar-refractivity contribution is 0.0494. The van der Waals surface area contributed by atoms with Gasteiger partial charge in [-0.2, -0.15) is 0 Å². The van der Waals surface area contributed by atoms with Crippen LogP contribution in [0.3, 0.4) is 0 Å². The zero-order chi connectivity index (χ0) is 24.3. The normalized spacial score (nSPS) is 12.2. The van der Waals surface area contributed by atoms with Crippen LogP contribution in [-0.2, 0) is 16.1 Å². The molecular weight excluding hydrogens is 432 g/mol. The highest BCUT2D eigenvalue weighted by Crippen LogP contribution is 2.50. The van der Waals surface area contributed by atoms with Crippen LogP contribution in [0.1, 0.15) is 74.5 Å². The van der Waals surface area contributed by atoms with Crippen LogP contribution in [0.5, 0.6) is 28.7 Å². The summed E-state index contributed by atoms with van der Waals surface area (Å²) in [6.07, 6.45) is 1.82. The smallest absolute Gasteiger partial charge is 0.347 e. The number of hydrogen-bond acceptors (Lipinski definition) is 9. The molecule has 0 saturated carbocycles. The first-order chi connectivity index (χ1) is 15.8. The molecule has 2 N–H and O–H groups in total. The minimum Gasteiger partial charge on any atom is -0.507 e. The summed E-state index contributed by atoms with van der Waals surface area (Å²) in [5.41, 5.74) is 0.0194. The average Bonchev–Trinajstić information content (AvgIpc) is 2.91. The van der Waals surface area contributed by atoms with E-state index in [4.69, 9.17) is 18.9 Å². The number of fused-ring (bicyclic) bond motifs is 2. The van der Waals surface area contributed by atoms with Gasteiger partial charge in [-0.1, -0.05) is 13.3 Å². The standard InChI is InChI=1S/C24H26O9/c1-5-7-8-31-23(28)18-13(4)20-22(15(19(18)27)11-30-6-2)33-24(29)17-12(3)9-16(26)14(10-25)21(17)32-20/h9-10,26-27H,5-8,11H2,1-4H3. The molecule has 2 aromatic carbocycles. The Hall–Kier alpha value is -3.59. The van der Waals surface area contributed by atoms with E-state index in [0.717, 1.165) is 6.42 Å². The number of phenolic OH excluding ortho intramolecular Hbond substituents is 2. The number of aldehydes is 1. The lowest BCUT2D eigenvalue weighted by atomic mass is 10.00. The fourth-order valence-electron chi connectivity index (χ4n) is 3.56. The van der Waals surface area contributed by atoms with Gasteiger partial charge in [-0.25, -0.2) is 9.59 Å². The van der Waals surface area contributed by atoms with Gasteiger partial charge in [-0.05, 0) is 38.8 Å². The quantitative estimate of drug-likeness (QED) is 0.257. The molecule has 0 aliphatic carbocycles. The number of aryl methyl sites for hydroxylation is 1. The van der Waals surface area contributed by atoms with Crippen molar-refractivity contribution in [1.82, 2.24) is 0 Å². The average molecular weight is 458 g/mol. The molecule has 0 radical (unpaired) electrons. The van der Waals surface area contributed by atoms with E-state index < -0.39 is 17.7 Å². The van der Waals surface area contributed by atoms with Crippen molar-refractivity contribution in [1.29, 1.82) is 0 Å². The fraction of sp³-hybridized carbons (Fsp3) is 0.375. The predicted octanol–water partition coefficient (Wildman–Crippen LogP) is 4.35. The van der Waals surface area contributed by atoms with Crippen molar-refractivity contribution < 1.29 is 43.5 Å². The molecule has 0 unspecified atom stereocenters. The Kier molecular flexibility index (Phi) is 7.23. The number of phenols is 2. The summed E-state index contributed by atoms with van der Waals surface area (Å²) in [7, 11) is 0. The van der Waals surface area contributed by atoms with Gasteiger partial charge in [-0.15, -0.1) is 0 Å². The molecule has 0 atom stereocenters. The molecular formula is C24H26O9. The number of carbonyl (C=O) groups excluding carboxylic acids is 3. The van der Waals surface area contributed by atoms with Gasteiger partial charge >= 0.3 is 11.9 Å². The van der Waals surface area contributed by atoms with E-state index in [9.17, 15) is 24.6 Å². The Morgan fingerprint density at radius 1 is 1.12 bits per heavy atom. The van der Waals surface area contributed by atoms with Gasteiger partial charge in [-0.3, -0.25) is 4.79 Å². The molecule has 0 fully saturated rings. The van der Waals surface area contributed by atoms with Crippen LogP contribution in [0, 0.1) is 13.8 Å². The summed E-state index contributed by atoms with van der Waals surface area (Å²) in [4.78, 5) is 37.5. The second kappa shape index (κ2) is 9.91. The Labute approximate surface area is 190 Å². The maximum Gasteiger partial charge on any atom is 0.347 e. The minimum atomic E-state index is -0.848. The molecule has 0 amide bonds. The number of rotatable bonds is 8. The first-order valence-electron chi connectivity index (χ1n) is 10.6. The summed E-state index contributed by atoms with van der Waals surface area (Å²) in [5.74, 6) is -2.85. The molecule has 1 heterocycles. The molecule has 2 aromatic rings. The highest BCUT2D eigenvalue weighted by atomic mass is 16.6. The van der Waals surface area contributed by atoms with Gasteiger partial charge in [0.1, 0.15) is 22.6 Å². The van der Waals surface area contributed by atoms with E-state index in [1.165, 1.54) is 13.0 Å². The molecule has 0 saturated heterocycles. The summed E-state index contributed by atoms with van der Waals surface area (Å²) in [5, 5.41) is 21.2. The van der Waals surface area contributed by atoms with Gasteiger partial charge in [0.25, 0.3) is 0 Å². The van der Waals surface area contributed by atoms with Gasteiger partial charge in [0, 0.05) is 12.2 Å². The monoisotopic (exact) mass is 458 g/mol. The van der Waals surface area contributed by atoms with Crippen molar-refractivity contribution in [3.63, 3.8) is 0 Å². The second-order valence-corrected chi connectivity index (χ2v) is 7.55. The number of unbranched alkanes of at least 4 members (excludes halogenated alkanes) is 1. The highest BCUT2D eigenvalue weighted by molar-refractivity contribution is 6.03. The van der Waals surface area contributed by atoms with Gasteiger partial charge in [0.2, 0.25) is 0 Å². The van der Waals surface area contributed by atoms with Gasteiger partial charge in [0.15, 0.2) is 23.5 Å². The summed E-state index contributed by atoms with van der Waals surface area (Å²) in [6, 6.07) is 1.26. The number of benzene rings is 2. The summed E-state index contributed by atoms with van der Waals surface area (Å²) in [6.45, 7) is 7.00. The molecule has 9 heteroatoms. The third-order valence-corrected chi connectivity index (χ3v) is 5.32. The zero-order valence-electron chi connectivity index (χ0n) is 18.9. The molecule has 3 rings (SSSR count). The van der Waals surface area contributed by atoms with E-state index in [0.29, 0.717) is 18.3 Å². The first-order valence-corrected chi connectivity index (χ1v) is 10.6. The lowest BCUT2D eigenvalue weighted by Gasteiger charge is -2.19. The Balaban J connectivity index is 2.28. The number of hydrogen-bond donors (Lipinski definition) is 2. The van der Waals surface area contributed by atoms with E-state index in [1.807, 2.05) is 6.92 Å². The third-order valence-electron chi connectivity index (χ3n) is 5.32. The number of ether oxygens (including phenoxy) is 4. The molecule has 33 heavy (non-hydrogen) atoms. The van der Waals surface area contributed by atoms with Crippen molar-refractivity contribution in [2.75, 3.05) is 13.2 Å². The lowest BCUT2D eigenvalue weighted by Crippen LogP contribution is -2.13. The van der Waals surface area contributed by atoms with Crippen molar-refractivity contribution in [3.8, 4) is 28.7 Å². The van der Waals surface area contributed by atoms with Crippen molar-refractivity contribution in [3.05, 3.63) is 39.4 Å². The highest BCUT2D eigenvalue weighted by Gasteiger charge is 2.35. The van der Waals surface area contributed by atoms with Gasteiger partial charge in [0.05, 0.1) is 24.3 Å². The SMILES string of the molecule is CCCCOC(=O)c1c(C)c2c(c(COCC)c1O)OC(=O)c1c(C)cc(O)c(C=O)c1O2. The maximum absolute atomic E-state index is 13.0. The summed E-state index contributed by atoms with van der Waals surface area (Å²) < 4.78 is 22.3. The van der Waals surface area contributed by atoms with Crippen LogP contribution >= 0.6 is 0 Å². The van der Waals surface area contributed by atoms with E-state index in [2.05, 4.69) is 0 Å². The van der Waals surface area contributed by atoms with Crippen molar-refractivity contribution >= 4 is 18.2 Å². The zero-order valence-corrected chi connectivity index (χ0v) is 18.9. The molecule has 176 valence electrons. The third kappa shape index (κ3) is 4.36. The predicted molar refractivity (Wildman–Crippen MR) is 117 cm³/mol. The van der Waals surface area contributed by atoms with E-state index in [1.54, 1.807) is 13.8 Å². The van der Waals surface area contributed by atoms with Crippen LogP contribution in [0.25, 0.3) is 0 Å².